The molecule has 1 aliphatic rings. The zero-order chi connectivity index (χ0) is 24.7. The number of thiocarbonyl (C=S) groups is 1. The van der Waals surface area contributed by atoms with E-state index in [0.29, 0.717) is 46.0 Å². The van der Waals surface area contributed by atoms with Crippen molar-refractivity contribution < 1.29 is 9.53 Å². The smallest absolute Gasteiger partial charge is 0.267 e. The van der Waals surface area contributed by atoms with Gasteiger partial charge in [-0.3, -0.25) is 18.9 Å². The Morgan fingerprint density at radius 1 is 1.24 bits per heavy atom. The molecule has 3 heterocycles. The van der Waals surface area contributed by atoms with Gasteiger partial charge in [-0.1, -0.05) is 56.2 Å². The number of hydrogen-bond acceptors (Lipinski definition) is 7. The van der Waals surface area contributed by atoms with E-state index in [1.54, 1.807) is 17.2 Å². The molecule has 2 aromatic heterocycles. The van der Waals surface area contributed by atoms with Crippen LogP contribution in [0.15, 0.2) is 28.0 Å². The number of ether oxygens (including phenoxy) is 1. The zero-order valence-electron chi connectivity index (χ0n) is 20.4. The molecule has 184 valence electrons. The number of nitrogens with zero attached hydrogens (tertiary/aromatic N) is 3. The lowest BCUT2D eigenvalue weighted by atomic mass is 10.2. The number of carbonyl (C=O) groups excluding carboxylic acids is 1. The molecule has 0 unspecified atom stereocenters. The summed E-state index contributed by atoms with van der Waals surface area (Å²) in [7, 11) is 0. The maximum absolute atomic E-state index is 13.4. The van der Waals surface area contributed by atoms with E-state index in [-0.39, 0.29) is 17.6 Å². The second kappa shape index (κ2) is 12.5. The molecule has 0 aliphatic carbocycles. The molecule has 0 saturated carbocycles. The van der Waals surface area contributed by atoms with Crippen molar-refractivity contribution in [2.24, 2.45) is 0 Å². The number of amides is 1. The van der Waals surface area contributed by atoms with E-state index in [0.717, 1.165) is 37.7 Å². The largest absolute Gasteiger partial charge is 0.379 e. The molecule has 1 saturated heterocycles. The SMILES string of the molecule is CCCCCCN1C(=O)/C(=C/c2c(NCCCOC(C)C)nc3c(C)cccn3c2=O)SC1=S. The summed E-state index contributed by atoms with van der Waals surface area (Å²) in [5.74, 6) is 0.327. The molecule has 0 bridgehead atoms. The van der Waals surface area contributed by atoms with E-state index in [1.165, 1.54) is 16.2 Å². The van der Waals surface area contributed by atoms with Gasteiger partial charge in [-0.25, -0.2) is 4.98 Å². The van der Waals surface area contributed by atoms with Crippen LogP contribution in [0.5, 0.6) is 0 Å². The maximum atomic E-state index is 13.4. The summed E-state index contributed by atoms with van der Waals surface area (Å²) in [6, 6.07) is 3.74. The summed E-state index contributed by atoms with van der Waals surface area (Å²) in [6.07, 6.45) is 8.54. The van der Waals surface area contributed by atoms with E-state index in [4.69, 9.17) is 21.9 Å². The fraction of sp³-hybridized carbons (Fsp3) is 0.520. The third-order valence-corrected chi connectivity index (χ3v) is 6.91. The van der Waals surface area contributed by atoms with Crippen LogP contribution in [0.2, 0.25) is 0 Å². The summed E-state index contributed by atoms with van der Waals surface area (Å²) in [5.41, 5.74) is 1.63. The first-order valence-corrected chi connectivity index (χ1v) is 13.2. The van der Waals surface area contributed by atoms with E-state index in [9.17, 15) is 9.59 Å². The topological polar surface area (TPSA) is 75.9 Å². The maximum Gasteiger partial charge on any atom is 0.267 e. The molecular formula is C25H34N4O3S2. The van der Waals surface area contributed by atoms with E-state index >= 15 is 0 Å². The van der Waals surface area contributed by atoms with Crippen LogP contribution in [-0.2, 0) is 9.53 Å². The summed E-state index contributed by atoms with van der Waals surface area (Å²) in [4.78, 5) is 33.3. The average molecular weight is 503 g/mol. The third kappa shape index (κ3) is 6.46. The fourth-order valence-electron chi connectivity index (χ4n) is 3.70. The van der Waals surface area contributed by atoms with Crippen molar-refractivity contribution in [3.05, 3.63) is 44.7 Å². The number of carbonyl (C=O) groups is 1. The molecule has 9 heteroatoms. The Morgan fingerprint density at radius 3 is 2.76 bits per heavy atom. The highest BCUT2D eigenvalue weighted by Crippen LogP contribution is 2.33. The van der Waals surface area contributed by atoms with Gasteiger partial charge in [0.05, 0.1) is 16.6 Å². The van der Waals surface area contributed by atoms with Gasteiger partial charge >= 0.3 is 0 Å². The Morgan fingerprint density at radius 2 is 2.03 bits per heavy atom. The molecule has 1 amide bonds. The lowest BCUT2D eigenvalue weighted by Crippen LogP contribution is -2.29. The van der Waals surface area contributed by atoms with Crippen molar-refractivity contribution in [1.29, 1.82) is 0 Å². The summed E-state index contributed by atoms with van der Waals surface area (Å²) < 4.78 is 7.68. The molecule has 3 rings (SSSR count). The van der Waals surface area contributed by atoms with Gasteiger partial charge in [0.1, 0.15) is 15.8 Å². The van der Waals surface area contributed by atoms with Crippen molar-refractivity contribution in [2.75, 3.05) is 25.0 Å². The molecule has 0 radical (unpaired) electrons. The number of thioether (sulfide) groups is 1. The number of anilines is 1. The first-order valence-electron chi connectivity index (χ1n) is 12.0. The molecule has 1 fully saturated rings. The summed E-state index contributed by atoms with van der Waals surface area (Å²) in [5, 5.41) is 3.29. The average Bonchev–Trinajstić information content (AvgIpc) is 3.06. The van der Waals surface area contributed by atoms with Gasteiger partial charge in [0.25, 0.3) is 11.5 Å². The molecule has 1 aliphatic heterocycles. The molecule has 0 aromatic carbocycles. The first kappa shape index (κ1) is 26.4. The van der Waals surface area contributed by atoms with E-state index in [1.807, 2.05) is 32.9 Å². The highest BCUT2D eigenvalue weighted by atomic mass is 32.2. The number of aryl methyl sites for hydroxylation is 1. The Bertz CT molecular complexity index is 1130. The number of pyridine rings is 1. The minimum Gasteiger partial charge on any atom is -0.379 e. The zero-order valence-corrected chi connectivity index (χ0v) is 22.1. The molecule has 1 N–H and O–H groups in total. The normalized spacial score (nSPS) is 15.3. The molecule has 2 aromatic rings. The minimum absolute atomic E-state index is 0.142. The second-order valence-corrected chi connectivity index (χ2v) is 10.3. The highest BCUT2D eigenvalue weighted by Gasteiger charge is 2.32. The molecular weight excluding hydrogens is 468 g/mol. The van der Waals surface area contributed by atoms with Gasteiger partial charge in [0.15, 0.2) is 0 Å². The fourth-order valence-corrected chi connectivity index (χ4v) is 4.99. The Kier molecular flexibility index (Phi) is 9.67. The van der Waals surface area contributed by atoms with E-state index < -0.39 is 0 Å². The number of nitrogens with one attached hydrogen (secondary N) is 1. The van der Waals surface area contributed by atoms with Crippen LogP contribution in [0, 0.1) is 6.92 Å². The van der Waals surface area contributed by atoms with Gasteiger partial charge < -0.3 is 10.1 Å². The van der Waals surface area contributed by atoms with Crippen molar-refractivity contribution in [3.63, 3.8) is 0 Å². The van der Waals surface area contributed by atoms with Crippen LogP contribution >= 0.6 is 24.0 Å². The van der Waals surface area contributed by atoms with Crippen molar-refractivity contribution >= 4 is 51.7 Å². The molecule has 7 nitrogen and oxygen atoms in total. The van der Waals surface area contributed by atoms with Crippen molar-refractivity contribution in [2.45, 2.75) is 65.9 Å². The third-order valence-electron chi connectivity index (χ3n) is 5.53. The number of aromatic nitrogens is 2. The van der Waals surface area contributed by atoms with E-state index in [2.05, 4.69) is 12.2 Å². The van der Waals surface area contributed by atoms with Crippen molar-refractivity contribution in [1.82, 2.24) is 14.3 Å². The van der Waals surface area contributed by atoms with Gasteiger partial charge in [-0.2, -0.15) is 0 Å². The van der Waals surface area contributed by atoms with Crippen molar-refractivity contribution in [3.8, 4) is 0 Å². The predicted molar refractivity (Wildman–Crippen MR) is 144 cm³/mol. The van der Waals surface area contributed by atoms with Crippen LogP contribution < -0.4 is 10.9 Å². The number of hydrogen-bond donors (Lipinski definition) is 1. The van der Waals surface area contributed by atoms with Gasteiger partial charge in [-0.05, 0) is 51.3 Å². The minimum atomic E-state index is -0.220. The quantitative estimate of drug-likeness (QED) is 0.248. The van der Waals surface area contributed by atoms with Crippen LogP contribution in [-0.4, -0.2) is 50.3 Å². The van der Waals surface area contributed by atoms with Gasteiger partial charge in [0.2, 0.25) is 0 Å². The monoisotopic (exact) mass is 502 g/mol. The number of fused-ring (bicyclic) bond motifs is 1. The number of unbranched alkanes of at least 4 members (excludes halogenated alkanes) is 3. The number of rotatable bonds is 12. The van der Waals surface area contributed by atoms with Crippen LogP contribution in [0.25, 0.3) is 11.7 Å². The van der Waals surface area contributed by atoms with Crippen LogP contribution in [0.3, 0.4) is 0 Å². The lowest BCUT2D eigenvalue weighted by molar-refractivity contribution is -0.122. The molecule has 0 spiro atoms. The van der Waals surface area contributed by atoms with Gasteiger partial charge in [0, 0.05) is 25.9 Å². The Hall–Kier alpha value is -2.23. The predicted octanol–water partition coefficient (Wildman–Crippen LogP) is 5.01. The Labute approximate surface area is 211 Å². The van der Waals surface area contributed by atoms with Crippen LogP contribution in [0.4, 0.5) is 5.82 Å². The highest BCUT2D eigenvalue weighted by molar-refractivity contribution is 8.26. The summed E-state index contributed by atoms with van der Waals surface area (Å²) >= 11 is 6.71. The van der Waals surface area contributed by atoms with Gasteiger partial charge in [-0.15, -0.1) is 0 Å². The lowest BCUT2D eigenvalue weighted by Gasteiger charge is -2.14. The van der Waals surface area contributed by atoms with Crippen LogP contribution in [0.1, 0.15) is 64.0 Å². The second-order valence-electron chi connectivity index (χ2n) is 8.66. The summed E-state index contributed by atoms with van der Waals surface area (Å²) in [6.45, 7) is 9.90. The molecule has 0 atom stereocenters. The first-order chi connectivity index (χ1) is 16.3. The Balaban J connectivity index is 1.89. The molecule has 34 heavy (non-hydrogen) atoms. The standard InChI is InChI=1S/C25H34N4O3S2/c1-5-6-7-8-13-29-24(31)20(34-25(29)33)16-19-21(26-12-10-15-32-17(2)3)27-22-18(4)11-9-14-28(22)23(19)30/h9,11,14,16-17,26H,5-8,10,12-13,15H2,1-4H3/b20-16-.